The van der Waals surface area contributed by atoms with E-state index < -0.39 is 0 Å². The molecule has 1 aromatic rings. The van der Waals surface area contributed by atoms with Crippen molar-refractivity contribution in [3.8, 4) is 0 Å². The van der Waals surface area contributed by atoms with Crippen molar-refractivity contribution >= 4 is 5.69 Å². The molecule has 3 N–H and O–H groups in total. The highest BCUT2D eigenvalue weighted by atomic mass is 14.9. The van der Waals surface area contributed by atoms with Gasteiger partial charge in [0.1, 0.15) is 0 Å². The van der Waals surface area contributed by atoms with Gasteiger partial charge in [0.15, 0.2) is 0 Å². The fourth-order valence-corrected chi connectivity index (χ4v) is 4.80. The van der Waals surface area contributed by atoms with Gasteiger partial charge in [0.05, 0.1) is 0 Å². The summed E-state index contributed by atoms with van der Waals surface area (Å²) in [5.74, 6) is 0.682. The number of rotatable bonds is 8. The molecule has 0 aliphatic heterocycles. The van der Waals surface area contributed by atoms with Crippen molar-refractivity contribution in [3.63, 3.8) is 0 Å². The van der Waals surface area contributed by atoms with Crippen molar-refractivity contribution < 1.29 is 0 Å². The minimum Gasteiger partial charge on any atom is -0.384 e. The Bertz CT molecular complexity index is 529. The van der Waals surface area contributed by atoms with Gasteiger partial charge in [-0.3, -0.25) is 4.98 Å². The minimum absolute atomic E-state index is 0.358. The van der Waals surface area contributed by atoms with Crippen molar-refractivity contribution in [2.24, 2.45) is 11.7 Å². The Balaban J connectivity index is 1.65. The maximum atomic E-state index is 6.40. The van der Waals surface area contributed by atoms with Gasteiger partial charge in [-0.15, -0.1) is 0 Å². The van der Waals surface area contributed by atoms with Gasteiger partial charge in [-0.2, -0.15) is 0 Å². The molecule has 3 rings (SSSR count). The lowest BCUT2D eigenvalue weighted by Crippen LogP contribution is -2.30. The maximum absolute atomic E-state index is 6.40. The first-order chi connectivity index (χ1) is 12.2. The van der Waals surface area contributed by atoms with Crippen LogP contribution in [0, 0.1) is 5.92 Å². The van der Waals surface area contributed by atoms with Crippen LogP contribution >= 0.6 is 0 Å². The summed E-state index contributed by atoms with van der Waals surface area (Å²) in [7, 11) is 0. The number of nitrogens with one attached hydrogen (secondary N) is 1. The van der Waals surface area contributed by atoms with Gasteiger partial charge in [-0.1, -0.05) is 26.7 Å². The Morgan fingerprint density at radius 3 is 2.04 bits per heavy atom. The van der Waals surface area contributed by atoms with Crippen LogP contribution in [0.1, 0.15) is 87.7 Å². The van der Waals surface area contributed by atoms with Crippen molar-refractivity contribution in [2.45, 2.75) is 96.9 Å². The van der Waals surface area contributed by atoms with Crippen LogP contribution in [0.5, 0.6) is 0 Å². The van der Waals surface area contributed by atoms with Gasteiger partial charge in [-0.25, -0.2) is 0 Å². The average Bonchev–Trinajstić information content (AvgIpc) is 2.65. The molecule has 25 heavy (non-hydrogen) atoms. The van der Waals surface area contributed by atoms with E-state index in [1.165, 1.54) is 98.8 Å². The lowest BCUT2D eigenvalue weighted by Gasteiger charge is -2.27. The van der Waals surface area contributed by atoms with E-state index in [-0.39, 0.29) is 0 Å². The van der Waals surface area contributed by atoms with Gasteiger partial charge >= 0.3 is 0 Å². The van der Waals surface area contributed by atoms with Crippen LogP contribution in [0.2, 0.25) is 0 Å². The van der Waals surface area contributed by atoms with Crippen LogP contribution in [0.25, 0.3) is 0 Å². The van der Waals surface area contributed by atoms with Crippen molar-refractivity contribution in [2.75, 3.05) is 11.9 Å². The number of anilines is 1. The second-order valence-corrected chi connectivity index (χ2v) is 8.06. The summed E-state index contributed by atoms with van der Waals surface area (Å²) in [6.45, 7) is 5.58. The number of aromatic nitrogens is 1. The van der Waals surface area contributed by atoms with E-state index >= 15 is 0 Å². The minimum atomic E-state index is 0.358. The highest BCUT2D eigenvalue weighted by molar-refractivity contribution is 5.62. The summed E-state index contributed by atoms with van der Waals surface area (Å²) in [6, 6.07) is 0.358. The van der Waals surface area contributed by atoms with Crippen LogP contribution in [0.4, 0.5) is 5.69 Å². The standard InChI is InChI=1S/C22H37N3/c1-3-16(4-2)19(23)12-9-15-24-22-17-10-5-7-13-20(17)25-21-14-8-6-11-18(21)22/h16,19H,3-15,23H2,1-2H3,(H,24,25). The second kappa shape index (κ2) is 9.02. The monoisotopic (exact) mass is 343 g/mol. The lowest BCUT2D eigenvalue weighted by molar-refractivity contribution is 0.374. The lowest BCUT2D eigenvalue weighted by atomic mass is 9.87. The number of fused-ring (bicyclic) bond motifs is 2. The molecule has 140 valence electrons. The quantitative estimate of drug-likeness (QED) is 0.667. The summed E-state index contributed by atoms with van der Waals surface area (Å²) < 4.78 is 0. The molecule has 1 unspecified atom stereocenters. The van der Waals surface area contributed by atoms with Crippen molar-refractivity contribution in [3.05, 3.63) is 22.5 Å². The normalized spacial score (nSPS) is 17.9. The van der Waals surface area contributed by atoms with E-state index in [2.05, 4.69) is 19.2 Å². The summed E-state index contributed by atoms with van der Waals surface area (Å²) in [6.07, 6.45) is 14.8. The Morgan fingerprint density at radius 2 is 1.48 bits per heavy atom. The molecule has 2 aliphatic carbocycles. The molecule has 3 nitrogen and oxygen atoms in total. The molecule has 1 atom stereocenters. The molecule has 1 aromatic heterocycles. The van der Waals surface area contributed by atoms with E-state index in [4.69, 9.17) is 10.7 Å². The third-order valence-corrected chi connectivity index (χ3v) is 6.42. The van der Waals surface area contributed by atoms with Gasteiger partial charge < -0.3 is 11.1 Å². The summed E-state index contributed by atoms with van der Waals surface area (Å²) in [4.78, 5) is 5.06. The SMILES string of the molecule is CCC(CC)C(N)CCCNc1c2c(nc3c1CCCC3)CCCC2. The van der Waals surface area contributed by atoms with Gasteiger partial charge in [0, 0.05) is 29.7 Å². The fourth-order valence-electron chi connectivity index (χ4n) is 4.80. The zero-order chi connectivity index (χ0) is 17.6. The third kappa shape index (κ3) is 4.36. The van der Waals surface area contributed by atoms with Crippen molar-refractivity contribution in [1.82, 2.24) is 4.98 Å². The van der Waals surface area contributed by atoms with Crippen molar-refractivity contribution in [1.29, 1.82) is 0 Å². The fraction of sp³-hybridized carbons (Fsp3) is 0.773. The molecule has 0 spiro atoms. The highest BCUT2D eigenvalue weighted by Gasteiger charge is 2.23. The predicted molar refractivity (Wildman–Crippen MR) is 107 cm³/mol. The number of pyridine rings is 1. The van der Waals surface area contributed by atoms with Crippen LogP contribution in [-0.2, 0) is 25.7 Å². The topological polar surface area (TPSA) is 50.9 Å². The molecule has 0 saturated carbocycles. The largest absolute Gasteiger partial charge is 0.384 e. The molecule has 0 radical (unpaired) electrons. The zero-order valence-corrected chi connectivity index (χ0v) is 16.4. The Hall–Kier alpha value is -1.09. The molecule has 3 heteroatoms. The number of nitrogens with two attached hydrogens (primary N) is 1. The van der Waals surface area contributed by atoms with E-state index in [1.54, 1.807) is 0 Å². The van der Waals surface area contributed by atoms with E-state index in [0.717, 1.165) is 13.0 Å². The van der Waals surface area contributed by atoms with E-state index in [9.17, 15) is 0 Å². The Kier molecular flexibility index (Phi) is 6.75. The number of hydrogen-bond acceptors (Lipinski definition) is 3. The van der Waals surface area contributed by atoms with Gasteiger partial charge in [0.2, 0.25) is 0 Å². The van der Waals surface area contributed by atoms with Crippen LogP contribution in [0.15, 0.2) is 0 Å². The number of aryl methyl sites for hydroxylation is 2. The van der Waals surface area contributed by atoms with Crippen LogP contribution < -0.4 is 11.1 Å². The Morgan fingerprint density at radius 1 is 0.920 bits per heavy atom. The summed E-state index contributed by atoms with van der Waals surface area (Å²) in [5.41, 5.74) is 13.7. The average molecular weight is 344 g/mol. The first-order valence-electron chi connectivity index (χ1n) is 10.8. The molecule has 0 amide bonds. The molecule has 0 bridgehead atoms. The molecular weight excluding hydrogens is 306 g/mol. The molecular formula is C22H37N3. The molecule has 0 aromatic carbocycles. The zero-order valence-electron chi connectivity index (χ0n) is 16.4. The predicted octanol–water partition coefficient (Wildman–Crippen LogP) is 4.79. The second-order valence-electron chi connectivity index (χ2n) is 8.06. The third-order valence-electron chi connectivity index (χ3n) is 6.42. The first kappa shape index (κ1) is 18.7. The molecule has 0 saturated heterocycles. The van der Waals surface area contributed by atoms with E-state index in [1.807, 2.05) is 0 Å². The molecule has 1 heterocycles. The molecule has 2 aliphatic rings. The summed E-state index contributed by atoms with van der Waals surface area (Å²) >= 11 is 0. The van der Waals surface area contributed by atoms with E-state index in [0.29, 0.717) is 12.0 Å². The number of hydrogen-bond donors (Lipinski definition) is 2. The highest BCUT2D eigenvalue weighted by Crippen LogP contribution is 2.35. The smallest absolute Gasteiger partial charge is 0.0459 e. The first-order valence-corrected chi connectivity index (χ1v) is 10.8. The van der Waals surface area contributed by atoms with Crippen LogP contribution in [0.3, 0.4) is 0 Å². The summed E-state index contributed by atoms with van der Waals surface area (Å²) in [5, 5.41) is 3.84. The number of nitrogens with zero attached hydrogens (tertiary/aromatic N) is 1. The van der Waals surface area contributed by atoms with Gasteiger partial charge in [0.25, 0.3) is 0 Å². The molecule has 0 fully saturated rings. The Labute approximate surface area is 154 Å². The maximum Gasteiger partial charge on any atom is 0.0459 e. The van der Waals surface area contributed by atoms with Gasteiger partial charge in [-0.05, 0) is 81.3 Å². The van der Waals surface area contributed by atoms with Crippen LogP contribution in [-0.4, -0.2) is 17.6 Å².